The molecule has 0 fully saturated rings. The number of carbonyl (C=O) groups is 1. The molecule has 0 saturated heterocycles. The third-order valence-corrected chi connectivity index (χ3v) is 3.31. The number of carbonyl (C=O) groups excluding carboxylic acids is 1. The van der Waals surface area contributed by atoms with E-state index in [2.05, 4.69) is 11.4 Å². The second-order valence-electron chi connectivity index (χ2n) is 5.53. The number of ether oxygens (including phenoxy) is 2. The standard InChI is InChI=1S/C19H23NO3/c1-5-22-17-8-6-16(7-9-17)20-19(21)15(4)23-18-11-13(2)10-14(3)12-18/h6-12,15H,5H2,1-4H3,(H,20,21)/t15-/m1/s1. The van der Waals surface area contributed by atoms with Gasteiger partial charge in [0.15, 0.2) is 6.10 Å². The van der Waals surface area contributed by atoms with Gasteiger partial charge in [-0.25, -0.2) is 0 Å². The molecule has 0 aliphatic carbocycles. The van der Waals surface area contributed by atoms with Crippen LogP contribution in [0.5, 0.6) is 11.5 Å². The summed E-state index contributed by atoms with van der Waals surface area (Å²) in [4.78, 5) is 12.2. The van der Waals surface area contributed by atoms with E-state index in [0.717, 1.165) is 16.9 Å². The molecule has 0 saturated carbocycles. The fourth-order valence-electron chi connectivity index (χ4n) is 2.30. The fraction of sp³-hybridized carbons (Fsp3) is 0.316. The third kappa shape index (κ3) is 5.02. The minimum Gasteiger partial charge on any atom is -0.494 e. The molecule has 1 amide bonds. The second kappa shape index (κ2) is 7.68. The molecule has 2 rings (SSSR count). The first-order chi connectivity index (χ1) is 11.0. The van der Waals surface area contributed by atoms with Crippen molar-refractivity contribution in [2.24, 2.45) is 0 Å². The Morgan fingerprint density at radius 3 is 2.22 bits per heavy atom. The Kier molecular flexibility index (Phi) is 5.63. The average molecular weight is 313 g/mol. The van der Waals surface area contributed by atoms with Gasteiger partial charge in [0.2, 0.25) is 0 Å². The summed E-state index contributed by atoms with van der Waals surface area (Å²) >= 11 is 0. The number of hydrogen-bond donors (Lipinski definition) is 1. The number of anilines is 1. The van der Waals surface area contributed by atoms with Crippen LogP contribution < -0.4 is 14.8 Å². The zero-order valence-corrected chi connectivity index (χ0v) is 14.1. The van der Waals surface area contributed by atoms with Crippen molar-refractivity contribution in [1.29, 1.82) is 0 Å². The quantitative estimate of drug-likeness (QED) is 0.873. The van der Waals surface area contributed by atoms with Crippen LogP contribution in [-0.2, 0) is 4.79 Å². The Morgan fingerprint density at radius 2 is 1.65 bits per heavy atom. The molecule has 0 aliphatic heterocycles. The lowest BCUT2D eigenvalue weighted by Crippen LogP contribution is -2.30. The van der Waals surface area contributed by atoms with Crippen LogP contribution in [0.15, 0.2) is 42.5 Å². The fourth-order valence-corrected chi connectivity index (χ4v) is 2.30. The molecular formula is C19H23NO3. The summed E-state index contributed by atoms with van der Waals surface area (Å²) in [5, 5.41) is 2.84. The van der Waals surface area contributed by atoms with Gasteiger partial charge in [-0.05, 0) is 75.2 Å². The molecule has 0 radical (unpaired) electrons. The number of aryl methyl sites for hydroxylation is 2. The molecule has 23 heavy (non-hydrogen) atoms. The molecule has 0 heterocycles. The summed E-state index contributed by atoms with van der Waals surface area (Å²) in [5.74, 6) is 1.30. The van der Waals surface area contributed by atoms with Gasteiger partial charge in [0.05, 0.1) is 6.61 Å². The van der Waals surface area contributed by atoms with Gasteiger partial charge < -0.3 is 14.8 Å². The average Bonchev–Trinajstić information content (AvgIpc) is 2.48. The van der Waals surface area contributed by atoms with E-state index >= 15 is 0 Å². The highest BCUT2D eigenvalue weighted by Gasteiger charge is 2.15. The molecule has 0 bridgehead atoms. The Labute approximate surface area is 137 Å². The number of benzene rings is 2. The van der Waals surface area contributed by atoms with Gasteiger partial charge in [0, 0.05) is 5.69 Å². The lowest BCUT2D eigenvalue weighted by molar-refractivity contribution is -0.122. The predicted molar refractivity (Wildman–Crippen MR) is 92.2 cm³/mol. The Bertz CT molecular complexity index is 645. The molecule has 0 aromatic heterocycles. The van der Waals surface area contributed by atoms with Crippen molar-refractivity contribution < 1.29 is 14.3 Å². The summed E-state index contributed by atoms with van der Waals surface area (Å²) in [6.45, 7) is 8.30. The smallest absolute Gasteiger partial charge is 0.265 e. The van der Waals surface area contributed by atoms with E-state index in [-0.39, 0.29) is 5.91 Å². The molecule has 1 N–H and O–H groups in total. The number of hydrogen-bond acceptors (Lipinski definition) is 3. The largest absolute Gasteiger partial charge is 0.494 e. The summed E-state index contributed by atoms with van der Waals surface area (Å²) < 4.78 is 11.1. The van der Waals surface area contributed by atoms with Crippen molar-refractivity contribution >= 4 is 11.6 Å². The van der Waals surface area contributed by atoms with E-state index in [1.807, 2.05) is 57.2 Å². The molecule has 2 aromatic carbocycles. The first-order valence-corrected chi connectivity index (χ1v) is 7.76. The van der Waals surface area contributed by atoms with Gasteiger partial charge in [-0.15, -0.1) is 0 Å². The lowest BCUT2D eigenvalue weighted by atomic mass is 10.1. The SMILES string of the molecule is CCOc1ccc(NC(=O)[C@@H](C)Oc2cc(C)cc(C)c2)cc1. The van der Waals surface area contributed by atoms with Crippen LogP contribution in [0.3, 0.4) is 0 Å². The van der Waals surface area contributed by atoms with Gasteiger partial charge in [-0.2, -0.15) is 0 Å². The highest BCUT2D eigenvalue weighted by Crippen LogP contribution is 2.19. The molecule has 122 valence electrons. The highest BCUT2D eigenvalue weighted by molar-refractivity contribution is 5.94. The minimum absolute atomic E-state index is 0.187. The monoisotopic (exact) mass is 313 g/mol. The maximum absolute atomic E-state index is 12.2. The number of nitrogens with one attached hydrogen (secondary N) is 1. The second-order valence-corrected chi connectivity index (χ2v) is 5.53. The van der Waals surface area contributed by atoms with Crippen molar-refractivity contribution in [3.63, 3.8) is 0 Å². The van der Waals surface area contributed by atoms with Gasteiger partial charge in [-0.3, -0.25) is 4.79 Å². The van der Waals surface area contributed by atoms with Crippen LogP contribution in [0.4, 0.5) is 5.69 Å². The third-order valence-electron chi connectivity index (χ3n) is 3.31. The van der Waals surface area contributed by atoms with E-state index in [1.54, 1.807) is 6.92 Å². The van der Waals surface area contributed by atoms with E-state index < -0.39 is 6.10 Å². The molecule has 0 unspecified atom stereocenters. The number of rotatable bonds is 6. The lowest BCUT2D eigenvalue weighted by Gasteiger charge is -2.16. The molecular weight excluding hydrogens is 290 g/mol. The molecule has 0 spiro atoms. The maximum Gasteiger partial charge on any atom is 0.265 e. The first kappa shape index (κ1) is 16.9. The van der Waals surface area contributed by atoms with Crippen molar-refractivity contribution in [2.45, 2.75) is 33.8 Å². The van der Waals surface area contributed by atoms with Gasteiger partial charge >= 0.3 is 0 Å². The summed E-state index contributed by atoms with van der Waals surface area (Å²) in [6.07, 6.45) is -0.581. The topological polar surface area (TPSA) is 47.6 Å². The van der Waals surface area contributed by atoms with E-state index in [9.17, 15) is 4.79 Å². The van der Waals surface area contributed by atoms with Gasteiger partial charge in [0.1, 0.15) is 11.5 Å². The van der Waals surface area contributed by atoms with E-state index in [4.69, 9.17) is 9.47 Å². The van der Waals surface area contributed by atoms with E-state index in [1.165, 1.54) is 0 Å². The normalized spacial score (nSPS) is 11.7. The molecule has 4 nitrogen and oxygen atoms in total. The van der Waals surface area contributed by atoms with Crippen molar-refractivity contribution in [1.82, 2.24) is 0 Å². The maximum atomic E-state index is 12.2. The van der Waals surface area contributed by atoms with E-state index in [0.29, 0.717) is 18.0 Å². The van der Waals surface area contributed by atoms with Crippen LogP contribution in [-0.4, -0.2) is 18.6 Å². The highest BCUT2D eigenvalue weighted by atomic mass is 16.5. The van der Waals surface area contributed by atoms with Crippen LogP contribution >= 0.6 is 0 Å². The Hall–Kier alpha value is -2.49. The minimum atomic E-state index is -0.581. The predicted octanol–water partition coefficient (Wildman–Crippen LogP) is 4.11. The van der Waals surface area contributed by atoms with Gasteiger partial charge in [0.25, 0.3) is 5.91 Å². The zero-order chi connectivity index (χ0) is 16.8. The van der Waals surface area contributed by atoms with Gasteiger partial charge in [-0.1, -0.05) is 6.07 Å². The van der Waals surface area contributed by atoms with Crippen LogP contribution in [0, 0.1) is 13.8 Å². The van der Waals surface area contributed by atoms with Crippen molar-refractivity contribution in [3.8, 4) is 11.5 Å². The Balaban J connectivity index is 1.96. The molecule has 0 aliphatic rings. The summed E-state index contributed by atoms with van der Waals surface area (Å²) in [6, 6.07) is 13.2. The molecule has 4 heteroatoms. The van der Waals surface area contributed by atoms with Crippen LogP contribution in [0.2, 0.25) is 0 Å². The summed E-state index contributed by atoms with van der Waals surface area (Å²) in [7, 11) is 0. The summed E-state index contributed by atoms with van der Waals surface area (Å²) in [5.41, 5.74) is 2.94. The van der Waals surface area contributed by atoms with Crippen LogP contribution in [0.25, 0.3) is 0 Å². The van der Waals surface area contributed by atoms with Crippen molar-refractivity contribution in [3.05, 3.63) is 53.6 Å². The van der Waals surface area contributed by atoms with Crippen molar-refractivity contribution in [2.75, 3.05) is 11.9 Å². The Morgan fingerprint density at radius 1 is 1.04 bits per heavy atom. The first-order valence-electron chi connectivity index (χ1n) is 7.76. The van der Waals surface area contributed by atoms with Crippen LogP contribution in [0.1, 0.15) is 25.0 Å². The zero-order valence-electron chi connectivity index (χ0n) is 14.1. The molecule has 1 atom stereocenters. The number of amides is 1. The molecule has 2 aromatic rings.